The summed E-state index contributed by atoms with van der Waals surface area (Å²) >= 11 is 3.36. The molecule has 7 nitrogen and oxygen atoms in total. The fraction of sp³-hybridized carbons (Fsp3) is 0.182. The molecular formula is C22H19BrN4O3. The monoisotopic (exact) mass is 466 g/mol. The molecule has 3 rings (SSSR count). The molecule has 0 fully saturated rings. The molecule has 0 aliphatic heterocycles. The fourth-order valence-electron chi connectivity index (χ4n) is 2.94. The Labute approximate surface area is 182 Å². The van der Waals surface area contributed by atoms with Crippen molar-refractivity contribution in [1.82, 2.24) is 4.57 Å². The molecule has 30 heavy (non-hydrogen) atoms. The summed E-state index contributed by atoms with van der Waals surface area (Å²) in [6, 6.07) is 16.5. The average Bonchev–Trinajstić information content (AvgIpc) is 2.74. The van der Waals surface area contributed by atoms with E-state index in [0.717, 1.165) is 20.4 Å². The molecule has 0 spiro atoms. The van der Waals surface area contributed by atoms with Crippen molar-refractivity contribution in [3.8, 4) is 17.7 Å². The van der Waals surface area contributed by atoms with Crippen LogP contribution in [-0.4, -0.2) is 16.8 Å². The standard InChI is InChI=1S/C22H19BrN4O3/c1-14-19(13-24)21(28)27(11-10-15-6-8-18(30-2)9-7-15)22(29)20(14)26-25-17-5-3-4-16(23)12-17/h3-9,12,28H,10-11H2,1-2H3. The summed E-state index contributed by atoms with van der Waals surface area (Å²) in [5, 5.41) is 28.2. The summed E-state index contributed by atoms with van der Waals surface area (Å²) in [6.45, 7) is 1.76. The molecule has 3 aromatic rings. The van der Waals surface area contributed by atoms with Crippen molar-refractivity contribution in [1.29, 1.82) is 5.26 Å². The molecule has 0 saturated carbocycles. The lowest BCUT2D eigenvalue weighted by Crippen LogP contribution is -2.22. The molecule has 0 aliphatic carbocycles. The van der Waals surface area contributed by atoms with Crippen LogP contribution in [0.1, 0.15) is 16.7 Å². The number of ether oxygens (including phenoxy) is 1. The highest BCUT2D eigenvalue weighted by Gasteiger charge is 2.19. The van der Waals surface area contributed by atoms with E-state index < -0.39 is 5.56 Å². The third kappa shape index (κ3) is 4.58. The van der Waals surface area contributed by atoms with Crippen molar-refractivity contribution in [3.05, 3.63) is 80.0 Å². The lowest BCUT2D eigenvalue weighted by molar-refractivity contribution is 0.403. The van der Waals surface area contributed by atoms with Crippen LogP contribution >= 0.6 is 15.9 Å². The smallest absolute Gasteiger partial charge is 0.281 e. The Morgan fingerprint density at radius 2 is 1.93 bits per heavy atom. The first-order valence-electron chi connectivity index (χ1n) is 9.11. The quantitative estimate of drug-likeness (QED) is 0.506. The summed E-state index contributed by atoms with van der Waals surface area (Å²) < 4.78 is 7.13. The molecule has 8 heteroatoms. The van der Waals surface area contributed by atoms with Crippen LogP contribution in [0.25, 0.3) is 0 Å². The van der Waals surface area contributed by atoms with Gasteiger partial charge in [-0.1, -0.05) is 34.1 Å². The maximum atomic E-state index is 13.0. The normalized spacial score (nSPS) is 10.9. The molecule has 2 aromatic carbocycles. The lowest BCUT2D eigenvalue weighted by atomic mass is 10.1. The van der Waals surface area contributed by atoms with E-state index in [2.05, 4.69) is 26.2 Å². The summed E-state index contributed by atoms with van der Waals surface area (Å²) in [6.07, 6.45) is 0.480. The minimum absolute atomic E-state index is 0.00697. The average molecular weight is 467 g/mol. The minimum atomic E-state index is -0.503. The summed E-state index contributed by atoms with van der Waals surface area (Å²) in [7, 11) is 1.59. The van der Waals surface area contributed by atoms with Gasteiger partial charge >= 0.3 is 0 Å². The largest absolute Gasteiger partial charge is 0.497 e. The number of nitriles is 1. The van der Waals surface area contributed by atoms with Crippen molar-refractivity contribution < 1.29 is 9.84 Å². The predicted molar refractivity (Wildman–Crippen MR) is 117 cm³/mol. The Balaban J connectivity index is 1.97. The van der Waals surface area contributed by atoms with Crippen molar-refractivity contribution in [2.45, 2.75) is 19.9 Å². The number of hydrogen-bond donors (Lipinski definition) is 1. The van der Waals surface area contributed by atoms with Crippen molar-refractivity contribution in [3.63, 3.8) is 0 Å². The molecule has 152 valence electrons. The second-order valence-electron chi connectivity index (χ2n) is 6.52. The third-order valence-electron chi connectivity index (χ3n) is 4.63. The van der Waals surface area contributed by atoms with E-state index in [1.165, 1.54) is 0 Å². The van der Waals surface area contributed by atoms with Crippen LogP contribution in [0.15, 0.2) is 68.0 Å². The molecule has 0 saturated heterocycles. The molecule has 0 bridgehead atoms. The van der Waals surface area contributed by atoms with E-state index in [0.29, 0.717) is 17.7 Å². The zero-order valence-corrected chi connectivity index (χ0v) is 18.0. The lowest BCUT2D eigenvalue weighted by Gasteiger charge is -2.13. The highest BCUT2D eigenvalue weighted by Crippen LogP contribution is 2.27. The SMILES string of the molecule is COc1ccc(CCn2c(O)c(C#N)c(C)c(N=Nc3cccc(Br)c3)c2=O)cc1. The Morgan fingerprint density at radius 1 is 1.20 bits per heavy atom. The van der Waals surface area contributed by atoms with Gasteiger partial charge in [-0.3, -0.25) is 9.36 Å². The molecule has 1 aromatic heterocycles. The van der Waals surface area contributed by atoms with E-state index in [9.17, 15) is 15.2 Å². The predicted octanol–water partition coefficient (Wildman–Crippen LogP) is 5.16. The highest BCUT2D eigenvalue weighted by molar-refractivity contribution is 9.10. The first-order valence-corrected chi connectivity index (χ1v) is 9.90. The Bertz CT molecular complexity index is 1190. The van der Waals surface area contributed by atoms with Gasteiger partial charge in [-0.2, -0.15) is 10.4 Å². The molecule has 0 amide bonds. The number of hydrogen-bond acceptors (Lipinski definition) is 6. The molecule has 1 N–H and O–H groups in total. The van der Waals surface area contributed by atoms with Gasteiger partial charge in [0.05, 0.1) is 12.8 Å². The number of pyridine rings is 1. The second-order valence-corrected chi connectivity index (χ2v) is 7.43. The van der Waals surface area contributed by atoms with Crippen LogP contribution in [0.4, 0.5) is 11.4 Å². The maximum Gasteiger partial charge on any atom is 0.281 e. The number of azo groups is 1. The highest BCUT2D eigenvalue weighted by atomic mass is 79.9. The van der Waals surface area contributed by atoms with Crippen LogP contribution in [0.3, 0.4) is 0 Å². The zero-order chi connectivity index (χ0) is 21.7. The van der Waals surface area contributed by atoms with Gasteiger partial charge in [0.2, 0.25) is 5.88 Å². The van der Waals surface area contributed by atoms with E-state index in [1.54, 1.807) is 32.2 Å². The molecular weight excluding hydrogens is 448 g/mol. The second kappa shape index (κ2) is 9.37. The topological polar surface area (TPSA) is 100.0 Å². The van der Waals surface area contributed by atoms with E-state index in [1.807, 2.05) is 36.4 Å². The van der Waals surface area contributed by atoms with Crippen molar-refractivity contribution in [2.24, 2.45) is 10.2 Å². The minimum Gasteiger partial charge on any atom is -0.497 e. The van der Waals surface area contributed by atoms with Gasteiger partial charge in [-0.05, 0) is 49.2 Å². The molecule has 1 heterocycles. The maximum absolute atomic E-state index is 13.0. The van der Waals surface area contributed by atoms with E-state index >= 15 is 0 Å². The van der Waals surface area contributed by atoms with Gasteiger partial charge in [0, 0.05) is 16.6 Å². The number of rotatable bonds is 6. The number of methoxy groups -OCH3 is 1. The number of aryl methyl sites for hydroxylation is 1. The van der Waals surface area contributed by atoms with Gasteiger partial charge in [0.25, 0.3) is 5.56 Å². The van der Waals surface area contributed by atoms with E-state index in [-0.39, 0.29) is 23.7 Å². The Kier molecular flexibility index (Phi) is 6.65. The summed E-state index contributed by atoms with van der Waals surface area (Å²) in [5.74, 6) is 0.367. The number of nitrogens with zero attached hydrogens (tertiary/aromatic N) is 4. The number of aromatic nitrogens is 1. The van der Waals surface area contributed by atoms with Crippen LogP contribution in [0, 0.1) is 18.3 Å². The number of halogens is 1. The summed E-state index contributed by atoms with van der Waals surface area (Å²) in [4.78, 5) is 13.0. The van der Waals surface area contributed by atoms with Crippen LogP contribution < -0.4 is 10.3 Å². The van der Waals surface area contributed by atoms with Crippen LogP contribution in [0.2, 0.25) is 0 Å². The van der Waals surface area contributed by atoms with E-state index in [4.69, 9.17) is 4.74 Å². The third-order valence-corrected chi connectivity index (χ3v) is 5.12. The molecule has 0 aliphatic rings. The van der Waals surface area contributed by atoms with Gasteiger partial charge in [-0.15, -0.1) is 5.11 Å². The van der Waals surface area contributed by atoms with Crippen LogP contribution in [0.5, 0.6) is 11.6 Å². The van der Waals surface area contributed by atoms with Gasteiger partial charge < -0.3 is 9.84 Å². The fourth-order valence-corrected chi connectivity index (χ4v) is 3.33. The first-order chi connectivity index (χ1) is 14.4. The Morgan fingerprint density at radius 3 is 2.57 bits per heavy atom. The van der Waals surface area contributed by atoms with Gasteiger partial charge in [0.15, 0.2) is 5.69 Å². The van der Waals surface area contributed by atoms with Gasteiger partial charge in [0.1, 0.15) is 17.4 Å². The van der Waals surface area contributed by atoms with Gasteiger partial charge in [-0.25, -0.2) is 0 Å². The number of aromatic hydroxyl groups is 1. The first kappa shape index (κ1) is 21.3. The van der Waals surface area contributed by atoms with Crippen molar-refractivity contribution in [2.75, 3.05) is 7.11 Å². The molecule has 0 radical (unpaired) electrons. The zero-order valence-electron chi connectivity index (χ0n) is 16.5. The molecule has 0 unspecified atom stereocenters. The Hall–Kier alpha value is -3.44. The van der Waals surface area contributed by atoms with Crippen LogP contribution in [-0.2, 0) is 13.0 Å². The summed E-state index contributed by atoms with van der Waals surface area (Å²) in [5.41, 5.74) is 1.33. The molecule has 0 atom stereocenters. The van der Waals surface area contributed by atoms with Crippen molar-refractivity contribution >= 4 is 27.3 Å². The number of benzene rings is 2.